The molecule has 4 heteroatoms. The van der Waals surface area contributed by atoms with Crippen LogP contribution < -0.4 is 0 Å². The van der Waals surface area contributed by atoms with Gasteiger partial charge in [0.15, 0.2) is 5.78 Å². The second-order valence-electron chi connectivity index (χ2n) is 7.80. The van der Waals surface area contributed by atoms with Crippen molar-refractivity contribution in [2.75, 3.05) is 6.61 Å². The van der Waals surface area contributed by atoms with E-state index in [1.165, 1.54) is 0 Å². The number of aliphatic hydroxyl groups is 2. The first-order valence-corrected chi connectivity index (χ1v) is 9.94. The third-order valence-electron chi connectivity index (χ3n) is 5.31. The molecular weight excluding hydrogens is 316 g/mol. The molecule has 4 nitrogen and oxygen atoms in total. The zero-order valence-corrected chi connectivity index (χ0v) is 16.0. The summed E-state index contributed by atoms with van der Waals surface area (Å²) >= 11 is 0. The Hall–Kier alpha value is -1.00. The van der Waals surface area contributed by atoms with Crippen LogP contribution in [0.4, 0.5) is 0 Å². The first kappa shape index (κ1) is 22.0. The van der Waals surface area contributed by atoms with Crippen molar-refractivity contribution in [2.24, 2.45) is 11.8 Å². The molecule has 25 heavy (non-hydrogen) atoms. The average Bonchev–Trinajstić information content (AvgIpc) is 2.92. The van der Waals surface area contributed by atoms with Gasteiger partial charge in [0.2, 0.25) is 0 Å². The number of hydrogen-bond acceptors (Lipinski definition) is 4. The number of ketones is 2. The van der Waals surface area contributed by atoms with E-state index in [9.17, 15) is 14.7 Å². The number of hydrogen-bond donors (Lipinski definition) is 2. The minimum Gasteiger partial charge on any atom is -0.390 e. The van der Waals surface area contributed by atoms with Crippen molar-refractivity contribution in [3.05, 3.63) is 12.2 Å². The molecule has 0 heterocycles. The van der Waals surface area contributed by atoms with Crippen LogP contribution in [0.2, 0.25) is 0 Å². The highest BCUT2D eigenvalue weighted by atomic mass is 16.3. The van der Waals surface area contributed by atoms with Crippen molar-refractivity contribution in [2.45, 2.75) is 90.1 Å². The van der Waals surface area contributed by atoms with Gasteiger partial charge in [-0.3, -0.25) is 9.59 Å². The number of allylic oxidation sites excluding steroid dienone is 1. The minimum atomic E-state index is -0.649. The van der Waals surface area contributed by atoms with Gasteiger partial charge in [-0.1, -0.05) is 44.8 Å². The predicted octanol–water partition coefficient (Wildman–Crippen LogP) is 3.98. The maximum atomic E-state index is 12.1. The maximum Gasteiger partial charge on any atom is 0.158 e. The van der Waals surface area contributed by atoms with E-state index < -0.39 is 5.60 Å². The summed E-state index contributed by atoms with van der Waals surface area (Å²) in [6.45, 7) is 3.65. The van der Waals surface area contributed by atoms with E-state index in [1.54, 1.807) is 0 Å². The molecular formula is C21H36O4. The Morgan fingerprint density at radius 2 is 2.04 bits per heavy atom. The zero-order chi connectivity index (χ0) is 18.7. The van der Waals surface area contributed by atoms with E-state index in [4.69, 9.17) is 5.11 Å². The minimum absolute atomic E-state index is 0.102. The number of carbonyl (C=O) groups excluding carboxylic acids is 2. The molecule has 0 aromatic rings. The topological polar surface area (TPSA) is 74.6 Å². The Morgan fingerprint density at radius 3 is 2.72 bits per heavy atom. The summed E-state index contributed by atoms with van der Waals surface area (Å²) in [6.07, 6.45) is 13.4. The SMILES string of the molecule is CCCCC(C)(O)CC=C[C@H]1CCC(=O)[C@@H]1CCCCCC(=O)CO. The lowest BCUT2D eigenvalue weighted by Crippen LogP contribution is -2.22. The number of unbranched alkanes of at least 4 members (excludes halogenated alkanes) is 3. The van der Waals surface area contributed by atoms with Crippen LogP contribution in [0.5, 0.6) is 0 Å². The van der Waals surface area contributed by atoms with Gasteiger partial charge in [-0.05, 0) is 44.9 Å². The molecule has 1 unspecified atom stereocenters. The molecule has 3 atom stereocenters. The molecule has 1 rings (SSSR count). The summed E-state index contributed by atoms with van der Waals surface area (Å²) in [5.74, 6) is 0.658. The Morgan fingerprint density at radius 1 is 1.28 bits per heavy atom. The van der Waals surface area contributed by atoms with Gasteiger partial charge in [0.1, 0.15) is 12.4 Å². The third-order valence-corrected chi connectivity index (χ3v) is 5.31. The fraction of sp³-hybridized carbons (Fsp3) is 0.810. The maximum absolute atomic E-state index is 12.1. The molecule has 0 radical (unpaired) electrons. The van der Waals surface area contributed by atoms with Crippen LogP contribution in [0.1, 0.15) is 84.5 Å². The molecule has 0 amide bonds. The van der Waals surface area contributed by atoms with E-state index in [2.05, 4.69) is 19.1 Å². The van der Waals surface area contributed by atoms with Crippen LogP contribution in [0.15, 0.2) is 12.2 Å². The second kappa shape index (κ2) is 11.6. The largest absolute Gasteiger partial charge is 0.390 e. The van der Waals surface area contributed by atoms with Gasteiger partial charge < -0.3 is 10.2 Å². The monoisotopic (exact) mass is 352 g/mol. The lowest BCUT2D eigenvalue weighted by molar-refractivity contribution is -0.122. The molecule has 0 aromatic heterocycles. The van der Waals surface area contributed by atoms with Crippen LogP contribution in [0.25, 0.3) is 0 Å². The summed E-state index contributed by atoms with van der Waals surface area (Å²) in [5.41, 5.74) is -0.649. The molecule has 0 spiro atoms. The second-order valence-corrected chi connectivity index (χ2v) is 7.80. The number of aliphatic hydroxyl groups excluding tert-OH is 1. The summed E-state index contributed by atoms with van der Waals surface area (Å²) in [7, 11) is 0. The molecule has 0 saturated heterocycles. The Labute approximate surface area is 152 Å². The summed E-state index contributed by atoms with van der Waals surface area (Å²) in [4.78, 5) is 23.2. The third kappa shape index (κ3) is 8.77. The first-order chi connectivity index (χ1) is 11.9. The summed E-state index contributed by atoms with van der Waals surface area (Å²) in [5, 5.41) is 19.0. The van der Waals surface area contributed by atoms with E-state index in [0.29, 0.717) is 31.0 Å². The van der Waals surface area contributed by atoms with Gasteiger partial charge in [0, 0.05) is 18.8 Å². The van der Waals surface area contributed by atoms with Gasteiger partial charge in [-0.2, -0.15) is 0 Å². The van der Waals surface area contributed by atoms with Crippen molar-refractivity contribution in [3.8, 4) is 0 Å². The first-order valence-electron chi connectivity index (χ1n) is 9.94. The molecule has 1 saturated carbocycles. The van der Waals surface area contributed by atoms with E-state index in [1.807, 2.05) is 6.92 Å². The van der Waals surface area contributed by atoms with Crippen LogP contribution >= 0.6 is 0 Å². The predicted molar refractivity (Wildman–Crippen MR) is 100 cm³/mol. The number of rotatable bonds is 13. The molecule has 2 N–H and O–H groups in total. The normalized spacial score (nSPS) is 23.3. The van der Waals surface area contributed by atoms with Crippen molar-refractivity contribution in [3.63, 3.8) is 0 Å². The number of Topliss-reactive ketones (excluding diaryl/α,β-unsaturated/α-hetero) is 2. The Balaban J connectivity index is 2.36. The van der Waals surface area contributed by atoms with Crippen LogP contribution in [-0.2, 0) is 9.59 Å². The highest BCUT2D eigenvalue weighted by Crippen LogP contribution is 2.34. The fourth-order valence-electron chi connectivity index (χ4n) is 3.64. The smallest absolute Gasteiger partial charge is 0.158 e. The van der Waals surface area contributed by atoms with Crippen molar-refractivity contribution in [1.82, 2.24) is 0 Å². The molecule has 0 aliphatic heterocycles. The van der Waals surface area contributed by atoms with E-state index >= 15 is 0 Å². The molecule has 0 aromatic carbocycles. The van der Waals surface area contributed by atoms with Crippen LogP contribution in [0.3, 0.4) is 0 Å². The lowest BCUT2D eigenvalue weighted by Gasteiger charge is -2.21. The van der Waals surface area contributed by atoms with E-state index in [0.717, 1.165) is 51.4 Å². The van der Waals surface area contributed by atoms with Crippen molar-refractivity contribution in [1.29, 1.82) is 0 Å². The van der Waals surface area contributed by atoms with Crippen LogP contribution in [0, 0.1) is 11.8 Å². The highest BCUT2D eigenvalue weighted by Gasteiger charge is 2.32. The van der Waals surface area contributed by atoms with Gasteiger partial charge in [0.05, 0.1) is 5.60 Å². The molecule has 1 aliphatic rings. The zero-order valence-electron chi connectivity index (χ0n) is 16.0. The van der Waals surface area contributed by atoms with Crippen LogP contribution in [-0.4, -0.2) is 34.0 Å². The van der Waals surface area contributed by atoms with Gasteiger partial charge >= 0.3 is 0 Å². The number of carbonyl (C=O) groups is 2. The molecule has 1 aliphatic carbocycles. The lowest BCUT2D eigenvalue weighted by atomic mass is 9.88. The molecule has 144 valence electrons. The van der Waals surface area contributed by atoms with Gasteiger partial charge in [0.25, 0.3) is 0 Å². The van der Waals surface area contributed by atoms with Crippen molar-refractivity contribution < 1.29 is 19.8 Å². The highest BCUT2D eigenvalue weighted by molar-refractivity contribution is 5.83. The van der Waals surface area contributed by atoms with Crippen molar-refractivity contribution >= 4 is 11.6 Å². The summed E-state index contributed by atoms with van der Waals surface area (Å²) in [6, 6.07) is 0. The fourth-order valence-corrected chi connectivity index (χ4v) is 3.64. The molecule has 0 bridgehead atoms. The van der Waals surface area contributed by atoms with E-state index in [-0.39, 0.29) is 18.3 Å². The molecule has 1 fully saturated rings. The van der Waals surface area contributed by atoms with Gasteiger partial charge in [-0.25, -0.2) is 0 Å². The Kier molecular flexibility index (Phi) is 10.2. The van der Waals surface area contributed by atoms with Gasteiger partial charge in [-0.15, -0.1) is 0 Å². The Bertz CT molecular complexity index is 439. The quantitative estimate of drug-likeness (QED) is 0.388. The summed E-state index contributed by atoms with van der Waals surface area (Å²) < 4.78 is 0. The average molecular weight is 353 g/mol. The standard InChI is InChI=1S/C21H36O4/c1-3-4-14-21(2,25)15-8-9-17-12-13-20(24)19(17)11-7-5-6-10-18(23)16-22/h8-9,17,19,22,25H,3-7,10-16H2,1-2H3/t17-,19+,21?/m0/s1.